The predicted octanol–water partition coefficient (Wildman–Crippen LogP) is 3.08. The van der Waals surface area contributed by atoms with E-state index < -0.39 is 0 Å². The Morgan fingerprint density at radius 3 is 2.62 bits per heavy atom. The van der Waals surface area contributed by atoms with E-state index in [0.29, 0.717) is 19.5 Å². The number of nitrogens with zero attached hydrogens (tertiary/aromatic N) is 2. The maximum absolute atomic E-state index is 14.6. The fourth-order valence-electron chi connectivity index (χ4n) is 4.30. The van der Waals surface area contributed by atoms with E-state index in [2.05, 4.69) is 10.2 Å². The smallest absolute Gasteiger partial charge is 0.225 e. The molecule has 1 aliphatic carbocycles. The van der Waals surface area contributed by atoms with Crippen LogP contribution in [-0.4, -0.2) is 45.3 Å². The number of halogens is 1. The second-order valence-electron chi connectivity index (χ2n) is 7.49. The molecular weight excluding hydrogens is 333 g/mol. The van der Waals surface area contributed by atoms with Crippen molar-refractivity contribution in [2.45, 2.75) is 44.1 Å². The summed E-state index contributed by atoms with van der Waals surface area (Å²) in [6.45, 7) is 1.33. The first-order valence-corrected chi connectivity index (χ1v) is 9.37. The van der Waals surface area contributed by atoms with Gasteiger partial charge in [-0.25, -0.2) is 4.39 Å². The maximum atomic E-state index is 14.6. The zero-order chi connectivity index (χ0) is 18.1. The van der Waals surface area contributed by atoms with Crippen LogP contribution in [0.15, 0.2) is 30.6 Å². The van der Waals surface area contributed by atoms with E-state index in [1.54, 1.807) is 18.5 Å². The number of aromatic amines is 1. The van der Waals surface area contributed by atoms with Crippen molar-refractivity contribution in [2.24, 2.45) is 5.92 Å². The number of benzene rings is 1. The molecular formula is C20H24FN3O2. The average molecular weight is 357 g/mol. The van der Waals surface area contributed by atoms with Crippen LogP contribution in [0.25, 0.3) is 11.1 Å². The molecule has 2 heterocycles. The lowest BCUT2D eigenvalue weighted by atomic mass is 9.87. The number of hydrogen-bond acceptors (Lipinski definition) is 3. The van der Waals surface area contributed by atoms with E-state index in [1.165, 1.54) is 0 Å². The molecule has 1 amide bonds. The monoisotopic (exact) mass is 357 g/mol. The molecule has 2 fully saturated rings. The molecule has 0 radical (unpaired) electrons. The number of aliphatic hydroxyl groups excluding tert-OH is 1. The topological polar surface area (TPSA) is 69.2 Å². The van der Waals surface area contributed by atoms with Crippen LogP contribution >= 0.6 is 0 Å². The predicted molar refractivity (Wildman–Crippen MR) is 95.9 cm³/mol. The third-order valence-corrected chi connectivity index (χ3v) is 5.83. The summed E-state index contributed by atoms with van der Waals surface area (Å²) in [7, 11) is 0. The fourth-order valence-corrected chi connectivity index (χ4v) is 4.30. The highest BCUT2D eigenvalue weighted by Crippen LogP contribution is 2.34. The zero-order valence-electron chi connectivity index (χ0n) is 14.7. The van der Waals surface area contributed by atoms with Crippen LogP contribution in [-0.2, 0) is 4.79 Å². The Morgan fingerprint density at radius 2 is 2.00 bits per heavy atom. The van der Waals surface area contributed by atoms with Crippen LogP contribution in [0.2, 0.25) is 0 Å². The third kappa shape index (κ3) is 3.38. The van der Waals surface area contributed by atoms with E-state index in [1.807, 2.05) is 17.0 Å². The second kappa shape index (κ2) is 7.19. The number of aromatic nitrogens is 2. The summed E-state index contributed by atoms with van der Waals surface area (Å²) < 4.78 is 14.6. The lowest BCUT2D eigenvalue weighted by molar-refractivity contribution is -0.136. The van der Waals surface area contributed by atoms with Crippen molar-refractivity contribution in [2.75, 3.05) is 13.1 Å². The second-order valence-corrected chi connectivity index (χ2v) is 7.49. The van der Waals surface area contributed by atoms with Gasteiger partial charge in [0.25, 0.3) is 0 Å². The molecule has 2 N–H and O–H groups in total. The van der Waals surface area contributed by atoms with Crippen molar-refractivity contribution in [3.63, 3.8) is 0 Å². The summed E-state index contributed by atoms with van der Waals surface area (Å²) in [6.07, 6.45) is 6.75. The molecule has 2 aromatic rings. The Kier molecular flexibility index (Phi) is 4.76. The summed E-state index contributed by atoms with van der Waals surface area (Å²) in [5.74, 6) is 0.0855. The van der Waals surface area contributed by atoms with Crippen LogP contribution in [0, 0.1) is 11.7 Å². The number of likely N-dealkylation sites (tertiary alicyclic amines) is 1. The molecule has 26 heavy (non-hydrogen) atoms. The van der Waals surface area contributed by atoms with Crippen molar-refractivity contribution in [1.82, 2.24) is 15.1 Å². The molecule has 1 aromatic carbocycles. The van der Waals surface area contributed by atoms with Gasteiger partial charge in [-0.3, -0.25) is 9.89 Å². The van der Waals surface area contributed by atoms with Gasteiger partial charge in [0.15, 0.2) is 0 Å². The first kappa shape index (κ1) is 17.2. The largest absolute Gasteiger partial charge is 0.393 e. The van der Waals surface area contributed by atoms with Crippen LogP contribution in [0.3, 0.4) is 0 Å². The first-order valence-electron chi connectivity index (χ1n) is 9.37. The molecule has 2 aliphatic rings. The summed E-state index contributed by atoms with van der Waals surface area (Å²) in [5.41, 5.74) is 2.42. The SMILES string of the molecule is O=C([C@@H]1CC[C@@H](O)C1)N1CCC(c2ccc(-c3cn[nH]c3)cc2F)CC1. The van der Waals surface area contributed by atoms with Gasteiger partial charge in [0.2, 0.25) is 5.91 Å². The minimum atomic E-state index is -0.329. The molecule has 4 rings (SSSR count). The summed E-state index contributed by atoms with van der Waals surface area (Å²) in [4.78, 5) is 14.5. The quantitative estimate of drug-likeness (QED) is 0.887. The minimum absolute atomic E-state index is 0.0347. The fraction of sp³-hybridized carbons (Fsp3) is 0.500. The number of nitrogens with one attached hydrogen (secondary N) is 1. The highest BCUT2D eigenvalue weighted by Gasteiger charge is 2.33. The van der Waals surface area contributed by atoms with Gasteiger partial charge in [-0.1, -0.05) is 12.1 Å². The van der Waals surface area contributed by atoms with Crippen molar-refractivity contribution >= 4 is 5.91 Å². The molecule has 0 unspecified atom stereocenters. The Bertz CT molecular complexity index is 769. The van der Waals surface area contributed by atoms with Gasteiger partial charge in [0.1, 0.15) is 5.82 Å². The highest BCUT2D eigenvalue weighted by molar-refractivity contribution is 5.79. The van der Waals surface area contributed by atoms with E-state index in [-0.39, 0.29) is 29.7 Å². The Balaban J connectivity index is 1.39. The minimum Gasteiger partial charge on any atom is -0.393 e. The van der Waals surface area contributed by atoms with Crippen molar-refractivity contribution in [1.29, 1.82) is 0 Å². The third-order valence-electron chi connectivity index (χ3n) is 5.83. The standard InChI is InChI=1S/C20H24FN3O2/c21-19-10-14(16-11-22-23-12-16)2-4-18(19)13-5-7-24(8-6-13)20(26)15-1-3-17(25)9-15/h2,4,10-13,15,17,25H,1,3,5-9H2,(H,22,23)/t15-,17-/m1/s1. The van der Waals surface area contributed by atoms with Gasteiger partial charge in [-0.2, -0.15) is 5.10 Å². The molecule has 6 heteroatoms. The number of rotatable bonds is 3. The van der Waals surface area contributed by atoms with E-state index in [9.17, 15) is 14.3 Å². The van der Waals surface area contributed by atoms with Crippen LogP contribution < -0.4 is 0 Å². The van der Waals surface area contributed by atoms with Crippen molar-refractivity contribution in [3.8, 4) is 11.1 Å². The number of H-pyrrole nitrogens is 1. The van der Waals surface area contributed by atoms with Crippen molar-refractivity contribution < 1.29 is 14.3 Å². The number of hydrogen-bond donors (Lipinski definition) is 2. The van der Waals surface area contributed by atoms with E-state index in [0.717, 1.165) is 42.4 Å². The molecule has 0 spiro atoms. The number of aliphatic hydroxyl groups is 1. The Morgan fingerprint density at radius 1 is 1.19 bits per heavy atom. The molecule has 1 saturated heterocycles. The highest BCUT2D eigenvalue weighted by atomic mass is 19.1. The molecule has 138 valence electrons. The summed E-state index contributed by atoms with van der Waals surface area (Å²) in [5, 5.41) is 16.3. The summed E-state index contributed by atoms with van der Waals surface area (Å²) in [6, 6.07) is 5.37. The number of amides is 1. The number of carbonyl (C=O) groups excluding carboxylic acids is 1. The van der Waals surface area contributed by atoms with Gasteiger partial charge < -0.3 is 10.0 Å². The first-order chi connectivity index (χ1) is 12.6. The van der Waals surface area contributed by atoms with Crippen LogP contribution in [0.1, 0.15) is 43.6 Å². The van der Waals surface area contributed by atoms with Gasteiger partial charge in [-0.05, 0) is 55.2 Å². The molecule has 0 bridgehead atoms. The van der Waals surface area contributed by atoms with Gasteiger partial charge in [0, 0.05) is 30.8 Å². The Labute approximate surface area is 152 Å². The average Bonchev–Trinajstić information content (AvgIpc) is 3.33. The van der Waals surface area contributed by atoms with Crippen molar-refractivity contribution in [3.05, 3.63) is 42.0 Å². The normalized spacial score (nSPS) is 24.2. The van der Waals surface area contributed by atoms with Crippen LogP contribution in [0.4, 0.5) is 4.39 Å². The number of piperidine rings is 1. The zero-order valence-corrected chi connectivity index (χ0v) is 14.7. The molecule has 1 aromatic heterocycles. The molecule has 1 saturated carbocycles. The lowest BCUT2D eigenvalue weighted by Crippen LogP contribution is -2.41. The number of carbonyl (C=O) groups is 1. The van der Waals surface area contributed by atoms with E-state index in [4.69, 9.17) is 0 Å². The molecule has 5 nitrogen and oxygen atoms in total. The molecule has 2 atom stereocenters. The van der Waals surface area contributed by atoms with Crippen LogP contribution in [0.5, 0.6) is 0 Å². The maximum Gasteiger partial charge on any atom is 0.225 e. The lowest BCUT2D eigenvalue weighted by Gasteiger charge is -2.34. The van der Waals surface area contributed by atoms with Gasteiger partial charge in [-0.15, -0.1) is 0 Å². The van der Waals surface area contributed by atoms with Gasteiger partial charge >= 0.3 is 0 Å². The van der Waals surface area contributed by atoms with Gasteiger partial charge in [0.05, 0.1) is 12.3 Å². The van der Waals surface area contributed by atoms with E-state index >= 15 is 0 Å². The molecule has 1 aliphatic heterocycles. The Hall–Kier alpha value is -2.21. The summed E-state index contributed by atoms with van der Waals surface area (Å²) >= 11 is 0.